The van der Waals surface area contributed by atoms with Crippen LogP contribution in [0.1, 0.15) is 39.2 Å². The molecule has 2 heterocycles. The molecule has 1 aromatic carbocycles. The van der Waals surface area contributed by atoms with E-state index in [2.05, 4.69) is 4.74 Å². The van der Waals surface area contributed by atoms with Gasteiger partial charge in [0.15, 0.2) is 6.10 Å². The molecule has 0 fully saturated rings. The smallest absolute Gasteiger partial charge is 0.433 e. The fraction of sp³-hybridized carbons (Fsp3) is 0.238. The molecule has 0 saturated heterocycles. The fourth-order valence-electron chi connectivity index (χ4n) is 3.21. The molecule has 0 radical (unpaired) electrons. The number of ether oxygens (including phenoxy) is 2. The van der Waals surface area contributed by atoms with Crippen molar-refractivity contribution >= 4 is 17.6 Å². The van der Waals surface area contributed by atoms with E-state index in [1.54, 1.807) is 36.6 Å². The Morgan fingerprint density at radius 2 is 1.78 bits per heavy atom. The third kappa shape index (κ3) is 4.66. The summed E-state index contributed by atoms with van der Waals surface area (Å²) in [5.41, 5.74) is 2.15. The van der Waals surface area contributed by atoms with E-state index in [0.717, 1.165) is 12.1 Å². The minimum atomic E-state index is -2.93. The van der Waals surface area contributed by atoms with Crippen molar-refractivity contribution in [2.45, 2.75) is 33.5 Å². The van der Waals surface area contributed by atoms with Gasteiger partial charge in [0.1, 0.15) is 10.7 Å². The van der Waals surface area contributed by atoms with Crippen LogP contribution in [0.5, 0.6) is 5.75 Å². The Kier molecular flexibility index (Phi) is 6.37. The number of carbonyl (C=O) groups excluding carboxylic acids is 2. The van der Waals surface area contributed by atoms with Crippen LogP contribution in [0, 0.1) is 24.0 Å². The number of carbonyl (C=O) groups is 2. The predicted octanol–water partition coefficient (Wildman–Crippen LogP) is 4.62. The highest BCUT2D eigenvalue weighted by molar-refractivity contribution is 6.02. The van der Waals surface area contributed by atoms with E-state index in [-0.39, 0.29) is 5.75 Å². The van der Waals surface area contributed by atoms with Crippen LogP contribution in [0.4, 0.5) is 14.7 Å². The molecule has 9 nitrogen and oxygen atoms in total. The fourth-order valence-corrected chi connectivity index (χ4v) is 3.21. The van der Waals surface area contributed by atoms with Crippen molar-refractivity contribution in [3.8, 4) is 11.4 Å². The maximum atomic E-state index is 12.9. The highest BCUT2D eigenvalue weighted by Crippen LogP contribution is 2.25. The van der Waals surface area contributed by atoms with Crippen LogP contribution in [0.15, 0.2) is 46.9 Å². The number of aryl methyl sites for hydroxylation is 1. The molecule has 0 spiro atoms. The molecule has 1 atom stereocenters. The number of esters is 1. The number of hydrogen-bond acceptors (Lipinski definition) is 7. The molecule has 0 saturated carbocycles. The van der Waals surface area contributed by atoms with Gasteiger partial charge in [0, 0.05) is 22.6 Å². The minimum Gasteiger partial charge on any atom is -0.448 e. The molecule has 0 unspecified atom stereocenters. The van der Waals surface area contributed by atoms with Crippen LogP contribution in [0.2, 0.25) is 0 Å². The molecule has 11 heteroatoms. The number of benzene rings is 1. The summed E-state index contributed by atoms with van der Waals surface area (Å²) in [6.45, 7) is 1.89. The lowest BCUT2D eigenvalue weighted by Gasteiger charge is -2.13. The average Bonchev–Trinajstić information content (AvgIpc) is 3.33. The molecule has 3 aromatic rings. The third-order valence-electron chi connectivity index (χ3n) is 4.64. The second-order valence-corrected chi connectivity index (χ2v) is 6.80. The number of hydrogen-bond donors (Lipinski definition) is 0. The topological polar surface area (TPSA) is 114 Å². The first kappa shape index (κ1) is 22.7. The molecular weight excluding hydrogens is 430 g/mol. The number of aromatic nitrogens is 1. The third-order valence-corrected chi connectivity index (χ3v) is 4.64. The molecule has 0 aliphatic heterocycles. The van der Waals surface area contributed by atoms with Gasteiger partial charge >= 0.3 is 18.5 Å². The Morgan fingerprint density at radius 1 is 1.12 bits per heavy atom. The van der Waals surface area contributed by atoms with Gasteiger partial charge in [-0.25, -0.2) is 4.79 Å². The van der Waals surface area contributed by atoms with E-state index in [1.807, 2.05) is 0 Å². The first-order chi connectivity index (χ1) is 15.1. The van der Waals surface area contributed by atoms with Crippen LogP contribution in [-0.2, 0) is 4.74 Å². The van der Waals surface area contributed by atoms with Gasteiger partial charge < -0.3 is 18.5 Å². The standard InChI is InChI=1S/C21H18F2N2O7/c1-11-10-16(12(2)24(11)14-4-6-15(7-5-14)31-21(22)23)19(26)13(3)30-20(27)17-8-9-18(32-17)25(28)29/h4-10,13,21H,1-3H3/t13-/m0/s1. The molecule has 3 rings (SSSR count). The van der Waals surface area contributed by atoms with E-state index in [0.29, 0.717) is 22.6 Å². The number of furan rings is 1. The Labute approximate surface area is 180 Å². The molecule has 2 aromatic heterocycles. The zero-order chi connectivity index (χ0) is 23.6. The Hall–Kier alpha value is -4.02. The SMILES string of the molecule is Cc1cc(C(=O)[C@H](C)OC(=O)c2ccc([N+](=O)[O-])o2)c(C)n1-c1ccc(OC(F)F)cc1. The molecule has 0 N–H and O–H groups in total. The van der Waals surface area contributed by atoms with Crippen LogP contribution in [0.3, 0.4) is 0 Å². The van der Waals surface area contributed by atoms with Gasteiger partial charge in [-0.15, -0.1) is 0 Å². The monoisotopic (exact) mass is 448 g/mol. The normalized spacial score (nSPS) is 11.9. The summed E-state index contributed by atoms with van der Waals surface area (Å²) in [5, 5.41) is 10.7. The number of alkyl halides is 2. The van der Waals surface area contributed by atoms with Crippen LogP contribution in [-0.4, -0.2) is 34.0 Å². The Bertz CT molecular complexity index is 1170. The number of rotatable bonds is 8. The molecule has 0 amide bonds. The van der Waals surface area contributed by atoms with Crippen molar-refractivity contribution in [1.29, 1.82) is 0 Å². The minimum absolute atomic E-state index is 0.00112. The molecule has 0 bridgehead atoms. The van der Waals surface area contributed by atoms with Crippen LogP contribution in [0.25, 0.3) is 5.69 Å². The summed E-state index contributed by atoms with van der Waals surface area (Å²) in [5.74, 6) is -2.52. The van der Waals surface area contributed by atoms with Gasteiger partial charge in [0.2, 0.25) is 11.5 Å². The summed E-state index contributed by atoms with van der Waals surface area (Å²) in [7, 11) is 0. The lowest BCUT2D eigenvalue weighted by atomic mass is 10.1. The Morgan fingerprint density at radius 3 is 2.34 bits per heavy atom. The first-order valence-electron chi connectivity index (χ1n) is 9.32. The van der Waals surface area contributed by atoms with Gasteiger partial charge in [-0.1, -0.05) is 0 Å². The average molecular weight is 448 g/mol. The van der Waals surface area contributed by atoms with Crippen molar-refractivity contribution in [1.82, 2.24) is 4.57 Å². The van der Waals surface area contributed by atoms with Crippen LogP contribution >= 0.6 is 0 Å². The molecule has 168 valence electrons. The quantitative estimate of drug-likeness (QED) is 0.214. The van der Waals surface area contributed by atoms with Crippen molar-refractivity contribution in [3.05, 3.63) is 75.3 Å². The number of nitro groups is 1. The van der Waals surface area contributed by atoms with Gasteiger partial charge in [-0.3, -0.25) is 14.9 Å². The van der Waals surface area contributed by atoms with Crippen molar-refractivity contribution < 1.29 is 37.2 Å². The molecular formula is C21H18F2N2O7. The van der Waals surface area contributed by atoms with Gasteiger partial charge in [0.25, 0.3) is 0 Å². The maximum absolute atomic E-state index is 12.9. The van der Waals surface area contributed by atoms with Gasteiger partial charge in [-0.05, 0) is 57.2 Å². The first-order valence-corrected chi connectivity index (χ1v) is 9.32. The highest BCUT2D eigenvalue weighted by Gasteiger charge is 2.27. The van der Waals surface area contributed by atoms with E-state index in [4.69, 9.17) is 9.15 Å². The highest BCUT2D eigenvalue weighted by atomic mass is 19.3. The van der Waals surface area contributed by atoms with Crippen molar-refractivity contribution in [3.63, 3.8) is 0 Å². The summed E-state index contributed by atoms with van der Waals surface area (Å²) >= 11 is 0. The van der Waals surface area contributed by atoms with E-state index in [9.17, 15) is 28.5 Å². The van der Waals surface area contributed by atoms with Crippen LogP contribution < -0.4 is 4.74 Å². The summed E-state index contributed by atoms with van der Waals surface area (Å²) in [6, 6.07) is 9.62. The summed E-state index contributed by atoms with van der Waals surface area (Å²) in [4.78, 5) is 34.9. The lowest BCUT2D eigenvalue weighted by molar-refractivity contribution is -0.402. The van der Waals surface area contributed by atoms with E-state index < -0.39 is 41.0 Å². The predicted molar refractivity (Wildman–Crippen MR) is 106 cm³/mol. The van der Waals surface area contributed by atoms with E-state index >= 15 is 0 Å². The summed E-state index contributed by atoms with van der Waals surface area (Å²) < 4.78 is 40.6. The van der Waals surface area contributed by atoms with Gasteiger partial charge in [0.05, 0.1) is 6.07 Å². The molecule has 0 aliphatic rings. The van der Waals surface area contributed by atoms with Gasteiger partial charge in [-0.2, -0.15) is 8.78 Å². The van der Waals surface area contributed by atoms with E-state index in [1.165, 1.54) is 19.1 Å². The largest absolute Gasteiger partial charge is 0.448 e. The zero-order valence-corrected chi connectivity index (χ0v) is 17.2. The zero-order valence-electron chi connectivity index (χ0n) is 17.2. The number of nitrogens with zero attached hydrogens (tertiary/aromatic N) is 2. The second-order valence-electron chi connectivity index (χ2n) is 6.80. The molecule has 0 aliphatic carbocycles. The second kappa shape index (κ2) is 9.00. The number of ketones is 1. The maximum Gasteiger partial charge on any atom is 0.433 e. The van der Waals surface area contributed by atoms with Crippen molar-refractivity contribution in [2.24, 2.45) is 0 Å². The summed E-state index contributed by atoms with van der Waals surface area (Å²) in [6.07, 6.45) is -1.19. The number of Topliss-reactive ketones (excluding diaryl/α,β-unsaturated/α-hetero) is 1. The lowest BCUT2D eigenvalue weighted by Crippen LogP contribution is -2.24. The number of halogens is 2. The Balaban J connectivity index is 1.78. The molecule has 32 heavy (non-hydrogen) atoms. The van der Waals surface area contributed by atoms with Crippen molar-refractivity contribution in [2.75, 3.05) is 0 Å².